The molecule has 0 spiro atoms. The first-order valence-electron chi connectivity index (χ1n) is 11.3. The van der Waals surface area contributed by atoms with E-state index in [1.54, 1.807) is 4.90 Å². The van der Waals surface area contributed by atoms with Gasteiger partial charge in [-0.3, -0.25) is 9.89 Å². The molecule has 2 aliphatic heterocycles. The minimum absolute atomic E-state index is 0. The zero-order valence-corrected chi connectivity index (χ0v) is 22.4. The lowest BCUT2D eigenvalue weighted by Crippen LogP contribution is -2.53. The molecule has 2 aliphatic rings. The average molecular weight is 562 g/mol. The Morgan fingerprint density at radius 3 is 2.25 bits per heavy atom. The third-order valence-electron chi connectivity index (χ3n) is 5.91. The van der Waals surface area contributed by atoms with Crippen molar-refractivity contribution in [3.05, 3.63) is 17.3 Å². The number of halogens is 1. The van der Waals surface area contributed by atoms with E-state index in [4.69, 9.17) is 14.9 Å². The van der Waals surface area contributed by atoms with Gasteiger partial charge in [0, 0.05) is 32.7 Å². The summed E-state index contributed by atoms with van der Waals surface area (Å²) in [4.78, 5) is 27.5. The lowest BCUT2D eigenvalue weighted by Gasteiger charge is -2.36. The van der Waals surface area contributed by atoms with E-state index in [0.29, 0.717) is 38.1 Å². The van der Waals surface area contributed by atoms with Crippen molar-refractivity contribution in [3.63, 3.8) is 0 Å². The minimum Gasteiger partial charge on any atom is -0.444 e. The number of carbonyl (C=O) groups excluding carboxylic acids is 1. The number of piperidine rings is 1. The number of likely N-dealkylation sites (tertiary alicyclic amines) is 1. The Kier molecular flexibility index (Phi) is 9.62. The molecule has 1 aromatic heterocycles. The maximum absolute atomic E-state index is 12.2. The first kappa shape index (κ1) is 26.7. The van der Waals surface area contributed by atoms with Crippen LogP contribution in [0.2, 0.25) is 0 Å². The van der Waals surface area contributed by atoms with Gasteiger partial charge in [-0.1, -0.05) is 0 Å². The predicted molar refractivity (Wildman–Crippen MR) is 135 cm³/mol. The number of carbonyl (C=O) groups is 1. The van der Waals surface area contributed by atoms with Gasteiger partial charge in [-0.25, -0.2) is 9.78 Å². The van der Waals surface area contributed by atoms with Crippen molar-refractivity contribution in [3.8, 4) is 0 Å². The molecule has 3 heterocycles. The smallest absolute Gasteiger partial charge is 0.410 e. The SMILES string of the molecule is Cc1nc(CN2CCC(CN=C(N)N3CCN(C(=O)OC(C)(C)C)CC3)CC2)oc1C.I. The van der Waals surface area contributed by atoms with E-state index in [1.165, 1.54) is 0 Å². The molecular weight excluding hydrogens is 523 g/mol. The molecule has 9 nitrogen and oxygen atoms in total. The van der Waals surface area contributed by atoms with Crippen molar-refractivity contribution in [2.24, 2.45) is 16.6 Å². The van der Waals surface area contributed by atoms with E-state index in [-0.39, 0.29) is 30.1 Å². The molecule has 0 bridgehead atoms. The van der Waals surface area contributed by atoms with Crippen LogP contribution in [0.15, 0.2) is 9.41 Å². The van der Waals surface area contributed by atoms with E-state index >= 15 is 0 Å². The van der Waals surface area contributed by atoms with Crippen molar-refractivity contribution in [1.29, 1.82) is 0 Å². The molecule has 0 saturated carbocycles. The Bertz CT molecular complexity index is 756. The molecule has 0 radical (unpaired) electrons. The minimum atomic E-state index is -0.476. The molecule has 32 heavy (non-hydrogen) atoms. The number of amides is 1. The van der Waals surface area contributed by atoms with Crippen LogP contribution in [-0.2, 0) is 11.3 Å². The Hall–Kier alpha value is -1.56. The summed E-state index contributed by atoms with van der Waals surface area (Å²) in [5, 5.41) is 0. The molecule has 182 valence electrons. The third kappa shape index (κ3) is 7.79. The molecule has 1 amide bonds. The van der Waals surface area contributed by atoms with E-state index in [0.717, 1.165) is 56.4 Å². The van der Waals surface area contributed by atoms with Crippen molar-refractivity contribution >= 4 is 36.0 Å². The number of aromatic nitrogens is 1. The van der Waals surface area contributed by atoms with Gasteiger partial charge >= 0.3 is 6.09 Å². The number of aryl methyl sites for hydroxylation is 2. The number of nitrogens with zero attached hydrogens (tertiary/aromatic N) is 5. The molecule has 2 N–H and O–H groups in total. The lowest BCUT2D eigenvalue weighted by molar-refractivity contribution is 0.0186. The summed E-state index contributed by atoms with van der Waals surface area (Å²) in [6.07, 6.45) is 1.94. The van der Waals surface area contributed by atoms with Gasteiger partial charge in [-0.2, -0.15) is 0 Å². The Morgan fingerprint density at radius 1 is 1.12 bits per heavy atom. The lowest BCUT2D eigenvalue weighted by atomic mass is 9.97. The Labute approximate surface area is 208 Å². The number of guanidine groups is 1. The average Bonchev–Trinajstić information content (AvgIpc) is 3.03. The second kappa shape index (κ2) is 11.5. The Morgan fingerprint density at radius 2 is 1.72 bits per heavy atom. The summed E-state index contributed by atoms with van der Waals surface area (Å²) in [6, 6.07) is 0. The van der Waals surface area contributed by atoms with Gasteiger partial charge in [0.05, 0.1) is 12.2 Å². The summed E-state index contributed by atoms with van der Waals surface area (Å²) in [5.41, 5.74) is 6.74. The van der Waals surface area contributed by atoms with Gasteiger partial charge in [0.25, 0.3) is 0 Å². The second-order valence-corrected chi connectivity index (χ2v) is 9.62. The van der Waals surface area contributed by atoms with Crippen LogP contribution in [0.1, 0.15) is 51.0 Å². The van der Waals surface area contributed by atoms with Crippen LogP contribution in [0, 0.1) is 19.8 Å². The highest BCUT2D eigenvalue weighted by Crippen LogP contribution is 2.20. The summed E-state index contributed by atoms with van der Waals surface area (Å²) < 4.78 is 11.2. The fourth-order valence-corrected chi connectivity index (χ4v) is 3.89. The number of ether oxygens (including phenoxy) is 1. The van der Waals surface area contributed by atoms with Crippen LogP contribution in [0.4, 0.5) is 4.79 Å². The number of hydrogen-bond donors (Lipinski definition) is 1. The van der Waals surface area contributed by atoms with Gasteiger partial charge in [-0.05, 0) is 66.5 Å². The van der Waals surface area contributed by atoms with Crippen LogP contribution in [0.25, 0.3) is 0 Å². The maximum Gasteiger partial charge on any atom is 0.410 e. The summed E-state index contributed by atoms with van der Waals surface area (Å²) in [6.45, 7) is 15.7. The molecule has 0 atom stereocenters. The number of piperazine rings is 1. The second-order valence-electron chi connectivity index (χ2n) is 9.62. The third-order valence-corrected chi connectivity index (χ3v) is 5.91. The van der Waals surface area contributed by atoms with Gasteiger partial charge in [-0.15, -0.1) is 24.0 Å². The number of hydrogen-bond acceptors (Lipinski definition) is 6. The maximum atomic E-state index is 12.2. The predicted octanol–water partition coefficient (Wildman–Crippen LogP) is 2.99. The monoisotopic (exact) mass is 562 g/mol. The van der Waals surface area contributed by atoms with Crippen molar-refractivity contribution < 1.29 is 13.9 Å². The van der Waals surface area contributed by atoms with Crippen molar-refractivity contribution in [2.45, 2.75) is 59.6 Å². The van der Waals surface area contributed by atoms with Crippen LogP contribution in [0.3, 0.4) is 0 Å². The Balaban J connectivity index is 0.00000363. The fourth-order valence-electron chi connectivity index (χ4n) is 3.89. The first-order chi connectivity index (χ1) is 14.6. The van der Waals surface area contributed by atoms with Gasteiger partial charge in [0.15, 0.2) is 5.96 Å². The van der Waals surface area contributed by atoms with E-state index < -0.39 is 5.60 Å². The molecule has 0 aromatic carbocycles. The highest BCUT2D eigenvalue weighted by molar-refractivity contribution is 14.0. The van der Waals surface area contributed by atoms with Crippen LogP contribution >= 0.6 is 24.0 Å². The highest BCUT2D eigenvalue weighted by atomic mass is 127. The fraction of sp³-hybridized carbons (Fsp3) is 0.773. The number of aliphatic imine (C=N–C) groups is 1. The zero-order chi connectivity index (χ0) is 22.6. The summed E-state index contributed by atoms with van der Waals surface area (Å²) in [5.74, 6) is 2.84. The van der Waals surface area contributed by atoms with Crippen molar-refractivity contribution in [2.75, 3.05) is 45.8 Å². The number of rotatable bonds is 4. The summed E-state index contributed by atoms with van der Waals surface area (Å²) >= 11 is 0. The van der Waals surface area contributed by atoms with Crippen molar-refractivity contribution in [1.82, 2.24) is 19.7 Å². The largest absolute Gasteiger partial charge is 0.444 e. The molecule has 2 saturated heterocycles. The standard InChI is InChI=1S/C22H38N6O3.HI/c1-16-17(2)30-19(25-16)15-26-8-6-18(7-9-26)14-24-20(23)27-10-12-28(13-11-27)21(29)31-22(3,4)5;/h18H,6-15H2,1-5H3,(H2,23,24);1H. The summed E-state index contributed by atoms with van der Waals surface area (Å²) in [7, 11) is 0. The number of oxazole rings is 1. The highest BCUT2D eigenvalue weighted by Gasteiger charge is 2.27. The zero-order valence-electron chi connectivity index (χ0n) is 20.1. The van der Waals surface area contributed by atoms with E-state index in [1.807, 2.05) is 34.6 Å². The normalized spacial score (nSPS) is 19.1. The van der Waals surface area contributed by atoms with E-state index in [9.17, 15) is 4.79 Å². The van der Waals surface area contributed by atoms with Crippen LogP contribution in [-0.4, -0.2) is 83.2 Å². The quantitative estimate of drug-likeness (QED) is 0.342. The molecular formula is C22H39IN6O3. The number of nitrogens with two attached hydrogens (primary N) is 1. The molecule has 2 fully saturated rings. The van der Waals surface area contributed by atoms with Crippen LogP contribution in [0.5, 0.6) is 0 Å². The van der Waals surface area contributed by atoms with E-state index in [2.05, 4.69) is 19.8 Å². The first-order valence-corrected chi connectivity index (χ1v) is 11.3. The molecule has 1 aromatic rings. The molecule has 10 heteroatoms. The molecule has 0 unspecified atom stereocenters. The van der Waals surface area contributed by atoms with Gasteiger partial charge in [0.1, 0.15) is 11.4 Å². The van der Waals surface area contributed by atoms with Gasteiger partial charge in [0.2, 0.25) is 5.89 Å². The van der Waals surface area contributed by atoms with Crippen LogP contribution < -0.4 is 5.73 Å². The van der Waals surface area contributed by atoms with Gasteiger partial charge < -0.3 is 24.7 Å². The topological polar surface area (TPSA) is 100 Å². The molecule has 0 aliphatic carbocycles. The molecule has 3 rings (SSSR count).